The summed E-state index contributed by atoms with van der Waals surface area (Å²) >= 11 is 0. The average molecular weight is 1200 g/mol. The maximum absolute atomic E-state index is 13.9. The second-order valence-corrected chi connectivity index (χ2v) is 24.0. The number of hydrogen-bond donors (Lipinski definition) is 8. The van der Waals surface area contributed by atoms with Crippen molar-refractivity contribution in [2.24, 2.45) is 53.1 Å². The third-order valence-corrected chi connectivity index (χ3v) is 12.6. The second-order valence-electron chi connectivity index (χ2n) is 24.0. The monoisotopic (exact) mass is 1200 g/mol. The number of ether oxygens (including phenoxy) is 6. The van der Waals surface area contributed by atoms with E-state index in [0.717, 1.165) is 0 Å². The molecule has 27 nitrogen and oxygen atoms in total. The lowest BCUT2D eigenvalue weighted by Crippen LogP contribution is -2.54. The molecule has 0 aromatic carbocycles. The van der Waals surface area contributed by atoms with E-state index in [2.05, 4.69) is 26.6 Å². The Bertz CT molecular complexity index is 2270. The molecule has 0 aliphatic rings. The number of aliphatic carboxylic acids is 2. The van der Waals surface area contributed by atoms with Gasteiger partial charge in [-0.15, -0.1) is 0 Å². The highest BCUT2D eigenvalue weighted by atomic mass is 16.6. The number of rotatable bonds is 37. The van der Waals surface area contributed by atoms with Crippen LogP contribution in [0.4, 0.5) is 0 Å². The summed E-state index contributed by atoms with van der Waals surface area (Å²) in [5.41, 5.74) is 5.77. The fraction of sp³-hybridized carbons (Fsp3) is 0.772. The fourth-order valence-electron chi connectivity index (χ4n) is 7.66. The smallest absolute Gasteiger partial charge is 0.345 e. The number of nitrogens with one attached hydrogen (secondary N) is 5. The van der Waals surface area contributed by atoms with Crippen molar-refractivity contribution in [1.29, 1.82) is 0 Å². The standard InChI is InChI=1S/C57H96N6O21/c1-25(2)22-37(79-55(76)36(58)20-21-40(64)65)46(66)59-33(17)52(73)82-43(30(11)12)49(69)62-41(28(7)8)56(77)80-38(23-26(3)4)47(67)60-34(18)53(74)83-44(31(13)14)50(70)63-42(29(9)10)57(78)81-39(24-27(5)6)48(68)61-35(19)54(75)84-45(32(15)16)51(71)72/h25-39,41-45H,20-24,58H2,1-19H3,(H,59,66)(H,60,67)(H,61,68)(H,62,69)(H,63,70)(H,64,65)(H,71,72)/t33-,34-,35-,36+,37-,38-,39-,41+,42+,43+,44+,45+/m1/s1. The Morgan fingerprint density at radius 3 is 0.857 bits per heavy atom. The Morgan fingerprint density at radius 2 is 0.619 bits per heavy atom. The number of carboxylic acids is 2. The molecule has 0 saturated heterocycles. The first-order valence-electron chi connectivity index (χ1n) is 28.6. The number of carboxylic acid groups (broad SMARTS) is 2. The highest BCUT2D eigenvalue weighted by molar-refractivity contribution is 5.95. The van der Waals surface area contributed by atoms with Crippen molar-refractivity contribution in [2.75, 3.05) is 0 Å². The lowest BCUT2D eigenvalue weighted by molar-refractivity contribution is -0.169. The zero-order valence-electron chi connectivity index (χ0n) is 52.3. The van der Waals surface area contributed by atoms with Crippen LogP contribution in [0.25, 0.3) is 0 Å². The number of amides is 5. The summed E-state index contributed by atoms with van der Waals surface area (Å²) in [7, 11) is 0. The van der Waals surface area contributed by atoms with Crippen LogP contribution in [-0.2, 0) is 90.8 Å². The molecule has 0 radical (unpaired) electrons. The van der Waals surface area contributed by atoms with Gasteiger partial charge < -0.3 is 71.0 Å². The van der Waals surface area contributed by atoms with Crippen LogP contribution in [0.15, 0.2) is 0 Å². The molecule has 0 aromatic rings. The third-order valence-electron chi connectivity index (χ3n) is 12.6. The Balaban J connectivity index is 6.20. The minimum Gasteiger partial charge on any atom is -0.481 e. The quantitative estimate of drug-likeness (QED) is 0.0327. The fourth-order valence-corrected chi connectivity index (χ4v) is 7.66. The lowest BCUT2D eigenvalue weighted by Gasteiger charge is -2.29. The van der Waals surface area contributed by atoms with Gasteiger partial charge in [-0.25, -0.2) is 28.8 Å². The van der Waals surface area contributed by atoms with Gasteiger partial charge in [0.15, 0.2) is 30.5 Å². The van der Waals surface area contributed by atoms with Gasteiger partial charge in [0.2, 0.25) is 6.10 Å². The molecule has 0 saturated carbocycles. The maximum Gasteiger partial charge on any atom is 0.345 e. The van der Waals surface area contributed by atoms with Crippen molar-refractivity contribution in [3.63, 3.8) is 0 Å². The minimum atomic E-state index is -1.55. The van der Waals surface area contributed by atoms with Crippen molar-refractivity contribution < 1.29 is 101 Å². The molecule has 12 atom stereocenters. The van der Waals surface area contributed by atoms with Crippen LogP contribution in [0.3, 0.4) is 0 Å². The first-order chi connectivity index (χ1) is 38.6. The van der Waals surface area contributed by atoms with Gasteiger partial charge in [0.25, 0.3) is 29.5 Å². The van der Waals surface area contributed by atoms with Crippen molar-refractivity contribution in [2.45, 2.75) is 237 Å². The molecule has 0 heterocycles. The van der Waals surface area contributed by atoms with E-state index < -0.39 is 186 Å². The van der Waals surface area contributed by atoms with E-state index in [9.17, 15) is 67.4 Å². The van der Waals surface area contributed by atoms with Crippen molar-refractivity contribution in [3.05, 3.63) is 0 Å². The number of hydrogen-bond acceptors (Lipinski definition) is 20. The summed E-state index contributed by atoms with van der Waals surface area (Å²) in [5.74, 6) is -17.5. The number of nitrogens with two attached hydrogens (primary N) is 1. The van der Waals surface area contributed by atoms with E-state index in [1.54, 1.807) is 96.9 Å². The van der Waals surface area contributed by atoms with Crippen LogP contribution < -0.4 is 32.3 Å². The molecule has 0 aliphatic carbocycles. The molecule has 5 amide bonds. The lowest BCUT2D eigenvalue weighted by atomic mass is 10.0. The summed E-state index contributed by atoms with van der Waals surface area (Å²) in [6.07, 6.45) is -9.73. The largest absolute Gasteiger partial charge is 0.481 e. The molecular formula is C57H96N6O21. The van der Waals surface area contributed by atoms with Gasteiger partial charge in [0, 0.05) is 12.3 Å². The summed E-state index contributed by atoms with van der Waals surface area (Å²) in [4.78, 5) is 171. The first kappa shape index (κ1) is 77.1. The molecule has 0 aliphatic heterocycles. The molecule has 0 spiro atoms. The van der Waals surface area contributed by atoms with E-state index in [0.29, 0.717) is 0 Å². The van der Waals surface area contributed by atoms with Crippen LogP contribution in [0.1, 0.15) is 164 Å². The van der Waals surface area contributed by atoms with Gasteiger partial charge in [0.05, 0.1) is 0 Å². The normalized spacial score (nSPS) is 15.9. The molecule has 27 heteroatoms. The minimum absolute atomic E-state index is 0.0141. The SMILES string of the molecule is CC(C)C[C@@H](OC(=O)[C@@H](NC(=O)[C@@H](OC(=O)[C@@H](C)NC(=O)[C@@H](CC(C)C)OC(=O)[C@@H](NC(=O)[C@@H](OC(=O)[C@@H](C)NC(=O)[C@@H](CC(C)C)OC(=O)[C@@H](N)CCC(=O)O)C(C)C)C(C)C)C(C)C)C(C)C)C(=O)N[C@H](C)C(=O)O[C@H](C(=O)O)C(C)C. The average Bonchev–Trinajstić information content (AvgIpc) is 3.43. The van der Waals surface area contributed by atoms with Gasteiger partial charge in [-0.3, -0.25) is 33.6 Å². The third kappa shape index (κ3) is 27.6. The summed E-state index contributed by atoms with van der Waals surface area (Å²) in [6, 6.07) is -8.35. The van der Waals surface area contributed by atoms with Gasteiger partial charge in [-0.2, -0.15) is 0 Å². The van der Waals surface area contributed by atoms with E-state index in [1.165, 1.54) is 34.6 Å². The van der Waals surface area contributed by atoms with Gasteiger partial charge >= 0.3 is 47.8 Å². The highest BCUT2D eigenvalue weighted by Gasteiger charge is 2.40. The topological polar surface area (TPSA) is 404 Å². The number of esters is 6. The molecule has 84 heavy (non-hydrogen) atoms. The van der Waals surface area contributed by atoms with Crippen molar-refractivity contribution in [3.8, 4) is 0 Å². The Labute approximate surface area is 493 Å². The van der Waals surface area contributed by atoms with E-state index >= 15 is 0 Å². The zero-order valence-corrected chi connectivity index (χ0v) is 52.3. The predicted octanol–water partition coefficient (Wildman–Crippen LogP) is 2.64. The van der Waals surface area contributed by atoms with Gasteiger partial charge in [-0.05, 0) is 87.9 Å². The molecule has 480 valence electrons. The van der Waals surface area contributed by atoms with Crippen molar-refractivity contribution in [1.82, 2.24) is 26.6 Å². The predicted molar refractivity (Wildman–Crippen MR) is 301 cm³/mol. The molecule has 9 N–H and O–H groups in total. The maximum atomic E-state index is 13.9. The molecule has 0 rings (SSSR count). The Hall–Kier alpha value is -6.93. The molecular weight excluding hydrogens is 1100 g/mol. The van der Waals surface area contributed by atoms with Crippen LogP contribution in [-0.4, -0.2) is 160 Å². The van der Waals surface area contributed by atoms with Crippen LogP contribution in [0, 0.1) is 47.3 Å². The summed E-state index contributed by atoms with van der Waals surface area (Å²) in [5, 5.41) is 30.7. The number of carbonyl (C=O) groups is 13. The second kappa shape index (κ2) is 36.7. The van der Waals surface area contributed by atoms with Gasteiger partial charge in [0.1, 0.15) is 36.3 Å². The first-order valence-corrected chi connectivity index (χ1v) is 28.6. The van der Waals surface area contributed by atoms with Crippen LogP contribution >= 0.6 is 0 Å². The van der Waals surface area contributed by atoms with Crippen LogP contribution in [0.2, 0.25) is 0 Å². The van der Waals surface area contributed by atoms with Crippen LogP contribution in [0.5, 0.6) is 0 Å². The Morgan fingerprint density at radius 1 is 0.345 bits per heavy atom. The summed E-state index contributed by atoms with van der Waals surface area (Å²) in [6.45, 7) is 29.8. The number of carbonyl (C=O) groups excluding carboxylic acids is 11. The van der Waals surface area contributed by atoms with Gasteiger partial charge in [-0.1, -0.05) is 111 Å². The molecule has 0 fully saturated rings. The van der Waals surface area contributed by atoms with E-state index in [4.69, 9.17) is 39.3 Å². The molecule has 0 unspecified atom stereocenters. The highest BCUT2D eigenvalue weighted by Crippen LogP contribution is 2.19. The van der Waals surface area contributed by atoms with E-state index in [1.807, 2.05) is 0 Å². The molecule has 0 aromatic heterocycles. The molecule has 0 bridgehead atoms. The van der Waals surface area contributed by atoms with Crippen molar-refractivity contribution >= 4 is 77.3 Å². The van der Waals surface area contributed by atoms with E-state index in [-0.39, 0.29) is 43.4 Å². The Kier molecular flexibility index (Phi) is 33.7. The zero-order chi connectivity index (χ0) is 65.4. The summed E-state index contributed by atoms with van der Waals surface area (Å²) < 4.78 is 32.9.